The van der Waals surface area contributed by atoms with Crippen molar-refractivity contribution in [2.24, 2.45) is 0 Å². The maximum Gasteiger partial charge on any atom is 0.260 e. The van der Waals surface area contributed by atoms with Gasteiger partial charge < -0.3 is 19.7 Å². The number of hydrogen-bond acceptors (Lipinski definition) is 4. The largest absolute Gasteiger partial charge is 0.489 e. The van der Waals surface area contributed by atoms with Gasteiger partial charge in [-0.25, -0.2) is 0 Å². The fourth-order valence-corrected chi connectivity index (χ4v) is 2.66. The lowest BCUT2D eigenvalue weighted by Crippen LogP contribution is -2.43. The van der Waals surface area contributed by atoms with Gasteiger partial charge >= 0.3 is 0 Å². The first-order chi connectivity index (χ1) is 14.1. The van der Waals surface area contributed by atoms with Gasteiger partial charge in [-0.3, -0.25) is 9.59 Å². The average molecular weight is 399 g/mol. The average Bonchev–Trinajstić information content (AvgIpc) is 2.75. The maximum atomic E-state index is 12.4. The SMILES string of the molecule is CCCNC(=O)CN(CCC)C(=O)COc1ccc(OCc2ccccc2)cc1. The molecule has 2 rings (SSSR count). The molecule has 0 bridgehead atoms. The minimum atomic E-state index is -0.206. The van der Waals surface area contributed by atoms with Crippen LogP contribution in [0.2, 0.25) is 0 Å². The van der Waals surface area contributed by atoms with Crippen molar-refractivity contribution in [2.45, 2.75) is 33.3 Å². The third-order valence-corrected chi connectivity index (χ3v) is 4.19. The van der Waals surface area contributed by atoms with Crippen LogP contribution in [-0.4, -0.2) is 43.0 Å². The molecule has 0 aliphatic carbocycles. The van der Waals surface area contributed by atoms with Gasteiger partial charge in [0.2, 0.25) is 5.91 Å². The lowest BCUT2D eigenvalue weighted by atomic mass is 10.2. The van der Waals surface area contributed by atoms with Gasteiger partial charge in [-0.2, -0.15) is 0 Å². The minimum Gasteiger partial charge on any atom is -0.489 e. The number of benzene rings is 2. The molecule has 0 spiro atoms. The molecule has 0 aliphatic heterocycles. The molecule has 156 valence electrons. The van der Waals surface area contributed by atoms with Gasteiger partial charge in [-0.05, 0) is 42.7 Å². The summed E-state index contributed by atoms with van der Waals surface area (Å²) in [5.74, 6) is 0.960. The number of nitrogens with one attached hydrogen (secondary N) is 1. The van der Waals surface area contributed by atoms with Crippen LogP contribution in [0.3, 0.4) is 0 Å². The summed E-state index contributed by atoms with van der Waals surface area (Å²) in [7, 11) is 0. The minimum absolute atomic E-state index is 0.0578. The second-order valence-electron chi connectivity index (χ2n) is 6.70. The summed E-state index contributed by atoms with van der Waals surface area (Å²) in [4.78, 5) is 25.9. The maximum absolute atomic E-state index is 12.4. The van der Waals surface area contributed by atoms with Crippen molar-refractivity contribution in [2.75, 3.05) is 26.2 Å². The number of rotatable bonds is 12. The van der Waals surface area contributed by atoms with Crippen LogP contribution in [0.15, 0.2) is 54.6 Å². The second-order valence-corrected chi connectivity index (χ2v) is 6.70. The Morgan fingerprint density at radius 3 is 2.17 bits per heavy atom. The van der Waals surface area contributed by atoms with E-state index in [0.29, 0.717) is 25.4 Å². The lowest BCUT2D eigenvalue weighted by molar-refractivity contribution is -0.137. The highest BCUT2D eigenvalue weighted by Crippen LogP contribution is 2.18. The van der Waals surface area contributed by atoms with Crippen LogP contribution in [-0.2, 0) is 16.2 Å². The Morgan fingerprint density at radius 2 is 1.55 bits per heavy atom. The van der Waals surface area contributed by atoms with Gasteiger partial charge in [0, 0.05) is 13.1 Å². The molecule has 6 heteroatoms. The smallest absolute Gasteiger partial charge is 0.260 e. The monoisotopic (exact) mass is 398 g/mol. The van der Waals surface area contributed by atoms with Gasteiger partial charge in [-0.15, -0.1) is 0 Å². The van der Waals surface area contributed by atoms with Crippen molar-refractivity contribution in [3.63, 3.8) is 0 Å². The van der Waals surface area contributed by atoms with Crippen molar-refractivity contribution in [3.05, 3.63) is 60.2 Å². The Labute approximate surface area is 172 Å². The van der Waals surface area contributed by atoms with Crippen molar-refractivity contribution < 1.29 is 19.1 Å². The van der Waals surface area contributed by atoms with Crippen LogP contribution in [0.1, 0.15) is 32.3 Å². The summed E-state index contributed by atoms with van der Waals surface area (Å²) in [6, 6.07) is 17.1. The summed E-state index contributed by atoms with van der Waals surface area (Å²) in [6.07, 6.45) is 1.64. The van der Waals surface area contributed by atoms with Gasteiger partial charge in [0.1, 0.15) is 18.1 Å². The predicted octanol–water partition coefficient (Wildman–Crippen LogP) is 3.41. The van der Waals surface area contributed by atoms with E-state index in [2.05, 4.69) is 5.32 Å². The van der Waals surface area contributed by atoms with E-state index >= 15 is 0 Å². The van der Waals surface area contributed by atoms with Crippen LogP contribution in [0, 0.1) is 0 Å². The Balaban J connectivity index is 1.80. The van der Waals surface area contributed by atoms with Crippen LogP contribution >= 0.6 is 0 Å². The van der Waals surface area contributed by atoms with Crippen LogP contribution in [0.25, 0.3) is 0 Å². The predicted molar refractivity (Wildman–Crippen MR) is 113 cm³/mol. The fourth-order valence-electron chi connectivity index (χ4n) is 2.66. The molecule has 29 heavy (non-hydrogen) atoms. The molecule has 0 aromatic heterocycles. The summed E-state index contributed by atoms with van der Waals surface area (Å²) >= 11 is 0. The van der Waals surface area contributed by atoms with Gasteiger partial charge in [-0.1, -0.05) is 44.2 Å². The van der Waals surface area contributed by atoms with Crippen molar-refractivity contribution >= 4 is 11.8 Å². The third-order valence-electron chi connectivity index (χ3n) is 4.19. The quantitative estimate of drug-likeness (QED) is 0.595. The molecule has 0 heterocycles. The van der Waals surface area contributed by atoms with Gasteiger partial charge in [0.25, 0.3) is 5.91 Å². The van der Waals surface area contributed by atoms with E-state index in [9.17, 15) is 9.59 Å². The lowest BCUT2D eigenvalue weighted by Gasteiger charge is -2.21. The van der Waals surface area contributed by atoms with Crippen LogP contribution in [0.5, 0.6) is 11.5 Å². The Kier molecular flexibility index (Phi) is 9.55. The van der Waals surface area contributed by atoms with E-state index < -0.39 is 0 Å². The van der Waals surface area contributed by atoms with E-state index in [0.717, 1.165) is 24.2 Å². The molecule has 0 saturated carbocycles. The number of amides is 2. The summed E-state index contributed by atoms with van der Waals surface area (Å²) in [5.41, 5.74) is 1.09. The zero-order valence-corrected chi connectivity index (χ0v) is 17.2. The molecule has 2 aromatic rings. The first kappa shape index (κ1) is 22.3. The van der Waals surface area contributed by atoms with Gasteiger partial charge in [0.15, 0.2) is 6.61 Å². The third kappa shape index (κ3) is 8.25. The number of nitrogens with zero attached hydrogens (tertiary/aromatic N) is 1. The highest BCUT2D eigenvalue weighted by atomic mass is 16.5. The number of carbonyl (C=O) groups excluding carboxylic acids is 2. The van der Waals surface area contributed by atoms with Crippen molar-refractivity contribution in [1.82, 2.24) is 10.2 Å². The molecular weight excluding hydrogens is 368 g/mol. The molecule has 0 atom stereocenters. The molecule has 1 N–H and O–H groups in total. The molecular formula is C23H30N2O4. The molecule has 0 unspecified atom stereocenters. The van der Waals surface area contributed by atoms with Gasteiger partial charge in [0.05, 0.1) is 6.54 Å². The Morgan fingerprint density at radius 1 is 0.897 bits per heavy atom. The van der Waals surface area contributed by atoms with Crippen LogP contribution < -0.4 is 14.8 Å². The molecule has 0 aliphatic rings. The number of ether oxygens (including phenoxy) is 2. The van der Waals surface area contributed by atoms with E-state index in [1.54, 1.807) is 12.1 Å². The van der Waals surface area contributed by atoms with E-state index in [4.69, 9.17) is 9.47 Å². The molecule has 2 amide bonds. The molecule has 2 aromatic carbocycles. The number of carbonyl (C=O) groups is 2. The number of hydrogen-bond donors (Lipinski definition) is 1. The highest BCUT2D eigenvalue weighted by molar-refractivity contribution is 5.85. The molecule has 6 nitrogen and oxygen atoms in total. The second kappa shape index (κ2) is 12.4. The van der Waals surface area contributed by atoms with E-state index in [1.165, 1.54) is 4.90 Å². The summed E-state index contributed by atoms with van der Waals surface area (Å²) in [6.45, 7) is 5.54. The van der Waals surface area contributed by atoms with E-state index in [1.807, 2.05) is 56.3 Å². The highest BCUT2D eigenvalue weighted by Gasteiger charge is 2.16. The Bertz CT molecular complexity index is 747. The molecule has 0 fully saturated rings. The first-order valence-electron chi connectivity index (χ1n) is 10.1. The van der Waals surface area contributed by atoms with Crippen molar-refractivity contribution in [1.29, 1.82) is 0 Å². The summed E-state index contributed by atoms with van der Waals surface area (Å²) in [5, 5.41) is 2.79. The fraction of sp³-hybridized carbons (Fsp3) is 0.391. The molecule has 0 radical (unpaired) electrons. The Hall–Kier alpha value is -3.02. The normalized spacial score (nSPS) is 10.3. The zero-order chi connectivity index (χ0) is 20.9. The molecule has 0 saturated heterocycles. The van der Waals surface area contributed by atoms with Crippen molar-refractivity contribution in [3.8, 4) is 11.5 Å². The zero-order valence-electron chi connectivity index (χ0n) is 17.2. The summed E-state index contributed by atoms with van der Waals surface area (Å²) < 4.78 is 11.3. The van der Waals surface area contributed by atoms with E-state index in [-0.39, 0.29) is 25.0 Å². The van der Waals surface area contributed by atoms with Crippen LogP contribution in [0.4, 0.5) is 0 Å². The topological polar surface area (TPSA) is 67.9 Å². The first-order valence-corrected chi connectivity index (χ1v) is 10.1. The standard InChI is InChI=1S/C23H30N2O4/c1-3-14-24-22(26)16-25(15-4-2)23(27)18-29-21-12-10-20(11-13-21)28-17-19-8-6-5-7-9-19/h5-13H,3-4,14-18H2,1-2H3,(H,24,26).